The minimum Gasteiger partial charge on any atom is -0.501 e. The van der Waals surface area contributed by atoms with Crippen LogP contribution < -0.4 is 0 Å². The average Bonchev–Trinajstić information content (AvgIpc) is 2.91. The van der Waals surface area contributed by atoms with E-state index in [9.17, 15) is 15.0 Å². The van der Waals surface area contributed by atoms with Crippen LogP contribution in [0.2, 0.25) is 0 Å². The zero-order chi connectivity index (χ0) is 19.4. The largest absolute Gasteiger partial charge is 0.501 e. The quantitative estimate of drug-likeness (QED) is 0.316. The summed E-state index contributed by atoms with van der Waals surface area (Å²) in [6.07, 6.45) is 12.0. The summed E-state index contributed by atoms with van der Waals surface area (Å²) in [4.78, 5) is 10.5. The van der Waals surface area contributed by atoms with Crippen molar-refractivity contribution >= 4 is 5.97 Å². The van der Waals surface area contributed by atoms with Crippen molar-refractivity contribution in [2.24, 2.45) is 5.92 Å². The molecule has 1 aliphatic carbocycles. The number of hydrogen-bond donors (Lipinski definition) is 3. The zero-order valence-electron chi connectivity index (χ0n) is 16.3. The van der Waals surface area contributed by atoms with E-state index in [4.69, 9.17) is 9.84 Å². The molecule has 0 aromatic rings. The van der Waals surface area contributed by atoms with Gasteiger partial charge in [0, 0.05) is 18.8 Å². The molecule has 150 valence electrons. The van der Waals surface area contributed by atoms with E-state index in [1.807, 2.05) is 12.2 Å². The first-order chi connectivity index (χ1) is 12.5. The van der Waals surface area contributed by atoms with Crippen LogP contribution in [0.5, 0.6) is 0 Å². The van der Waals surface area contributed by atoms with Crippen LogP contribution in [0.25, 0.3) is 0 Å². The summed E-state index contributed by atoms with van der Waals surface area (Å²) < 4.78 is 5.47. The van der Waals surface area contributed by atoms with Crippen LogP contribution >= 0.6 is 0 Å². The molecule has 0 radical (unpaired) electrons. The molecular formula is C21H36O5. The molecule has 0 aromatic carbocycles. The minimum atomic E-state index is -0.740. The highest BCUT2D eigenvalue weighted by Gasteiger charge is 2.32. The number of hydrogen-bond acceptors (Lipinski definition) is 4. The Bertz CT molecular complexity index is 469. The number of aliphatic hydroxyl groups excluding tert-OH is 2. The first-order valence-corrected chi connectivity index (χ1v) is 10.0. The molecule has 0 aliphatic heterocycles. The van der Waals surface area contributed by atoms with Crippen molar-refractivity contribution in [2.45, 2.75) is 89.8 Å². The van der Waals surface area contributed by atoms with Gasteiger partial charge in [0.2, 0.25) is 0 Å². The van der Waals surface area contributed by atoms with Gasteiger partial charge in [-0.3, -0.25) is 4.79 Å². The Hall–Kier alpha value is -1.33. The standard InChI is InChI=1S/C21H36O5/c1-3-4-7-10-16(22)13-14-17-18(20(26-2)15-19(17)23)11-8-5-6-9-12-21(24)25/h13-14,16-17,19,22-23H,3-12,15H2,1-2H3,(H,24,25)/b14-13+/t16-,17+,19+/m0/s1. The van der Waals surface area contributed by atoms with Gasteiger partial charge in [-0.1, -0.05) is 51.2 Å². The zero-order valence-corrected chi connectivity index (χ0v) is 16.3. The highest BCUT2D eigenvalue weighted by atomic mass is 16.5. The molecular weight excluding hydrogens is 332 g/mol. The molecule has 0 bridgehead atoms. The summed E-state index contributed by atoms with van der Waals surface area (Å²) in [5, 5.41) is 29.1. The van der Waals surface area contributed by atoms with E-state index in [2.05, 4.69) is 6.92 Å². The molecule has 3 N–H and O–H groups in total. The summed E-state index contributed by atoms with van der Waals surface area (Å²) in [6, 6.07) is 0. The summed E-state index contributed by atoms with van der Waals surface area (Å²) in [5.41, 5.74) is 1.12. The summed E-state index contributed by atoms with van der Waals surface area (Å²) in [7, 11) is 1.64. The van der Waals surface area contributed by atoms with E-state index in [-0.39, 0.29) is 12.3 Å². The monoisotopic (exact) mass is 368 g/mol. The molecule has 0 heterocycles. The Labute approximate surface area is 157 Å². The number of carbonyl (C=O) groups is 1. The van der Waals surface area contributed by atoms with Crippen molar-refractivity contribution in [3.8, 4) is 0 Å². The summed E-state index contributed by atoms with van der Waals surface area (Å²) >= 11 is 0. The van der Waals surface area contributed by atoms with Gasteiger partial charge in [0.25, 0.3) is 0 Å². The molecule has 1 rings (SSSR count). The van der Waals surface area contributed by atoms with E-state index >= 15 is 0 Å². The smallest absolute Gasteiger partial charge is 0.303 e. The number of rotatable bonds is 14. The van der Waals surface area contributed by atoms with Gasteiger partial charge in [-0.15, -0.1) is 0 Å². The normalized spacial score (nSPS) is 21.5. The average molecular weight is 369 g/mol. The van der Waals surface area contributed by atoms with Gasteiger partial charge in [0.1, 0.15) is 0 Å². The van der Waals surface area contributed by atoms with Crippen LogP contribution in [-0.4, -0.2) is 40.6 Å². The molecule has 26 heavy (non-hydrogen) atoms. The molecule has 0 aromatic heterocycles. The lowest BCUT2D eigenvalue weighted by atomic mass is 9.93. The van der Waals surface area contributed by atoms with Crippen LogP contribution in [-0.2, 0) is 9.53 Å². The molecule has 5 nitrogen and oxygen atoms in total. The van der Waals surface area contributed by atoms with Crippen LogP contribution in [0, 0.1) is 5.92 Å². The number of unbranched alkanes of at least 4 members (excludes halogenated alkanes) is 5. The van der Waals surface area contributed by atoms with Crippen LogP contribution in [0.4, 0.5) is 0 Å². The van der Waals surface area contributed by atoms with E-state index in [0.717, 1.165) is 62.7 Å². The van der Waals surface area contributed by atoms with Crippen molar-refractivity contribution in [1.29, 1.82) is 0 Å². The SMILES string of the molecule is CCCCC[C@H](O)/C=C/[C@@H]1C(CCCCCCC(=O)O)=C(OC)C[C@H]1O. The third-order valence-corrected chi connectivity index (χ3v) is 5.05. The first-order valence-electron chi connectivity index (χ1n) is 10.0. The third kappa shape index (κ3) is 8.37. The number of carboxylic acids is 1. The maximum Gasteiger partial charge on any atom is 0.303 e. The lowest BCUT2D eigenvalue weighted by molar-refractivity contribution is -0.137. The van der Waals surface area contributed by atoms with Gasteiger partial charge in [-0.25, -0.2) is 0 Å². The molecule has 1 aliphatic rings. The van der Waals surface area contributed by atoms with Crippen molar-refractivity contribution < 1.29 is 24.9 Å². The molecule has 5 heteroatoms. The Morgan fingerprint density at radius 3 is 2.62 bits per heavy atom. The second-order valence-corrected chi connectivity index (χ2v) is 7.21. The Kier molecular flexibility index (Phi) is 11.3. The first kappa shape index (κ1) is 22.7. The number of methoxy groups -OCH3 is 1. The van der Waals surface area contributed by atoms with Crippen molar-refractivity contribution in [3.63, 3.8) is 0 Å². The second kappa shape index (κ2) is 12.9. The second-order valence-electron chi connectivity index (χ2n) is 7.21. The van der Waals surface area contributed by atoms with Gasteiger partial charge in [0.15, 0.2) is 0 Å². The van der Waals surface area contributed by atoms with Crippen molar-refractivity contribution in [2.75, 3.05) is 7.11 Å². The van der Waals surface area contributed by atoms with Crippen molar-refractivity contribution in [3.05, 3.63) is 23.5 Å². The van der Waals surface area contributed by atoms with Crippen molar-refractivity contribution in [1.82, 2.24) is 0 Å². The molecule has 3 atom stereocenters. The summed E-state index contributed by atoms with van der Waals surface area (Å²) in [5.74, 6) is 0.0268. The predicted octanol–water partition coefficient (Wildman–Crippen LogP) is 4.19. The van der Waals surface area contributed by atoms with E-state index in [0.29, 0.717) is 12.8 Å². The Morgan fingerprint density at radius 2 is 1.96 bits per heavy atom. The van der Waals surface area contributed by atoms with Gasteiger partial charge in [0.05, 0.1) is 25.1 Å². The molecule has 0 unspecified atom stereocenters. The van der Waals surface area contributed by atoms with E-state index in [1.54, 1.807) is 7.11 Å². The maximum atomic E-state index is 10.5. The fourth-order valence-corrected chi connectivity index (χ4v) is 3.52. The fraction of sp³-hybridized carbons (Fsp3) is 0.762. The number of aliphatic hydroxyl groups is 2. The fourth-order valence-electron chi connectivity index (χ4n) is 3.52. The molecule has 0 saturated carbocycles. The number of carboxylic acid groups (broad SMARTS) is 1. The van der Waals surface area contributed by atoms with Gasteiger partial charge in [-0.2, -0.15) is 0 Å². The number of ether oxygens (including phenoxy) is 1. The predicted molar refractivity (Wildman–Crippen MR) is 103 cm³/mol. The molecule has 0 amide bonds. The van der Waals surface area contributed by atoms with Gasteiger partial charge >= 0.3 is 5.97 Å². The van der Waals surface area contributed by atoms with E-state index < -0.39 is 18.2 Å². The van der Waals surface area contributed by atoms with Gasteiger partial charge < -0.3 is 20.1 Å². The minimum absolute atomic E-state index is 0.0928. The number of aliphatic carboxylic acids is 1. The highest BCUT2D eigenvalue weighted by molar-refractivity contribution is 5.66. The lowest BCUT2D eigenvalue weighted by Gasteiger charge is -2.16. The third-order valence-electron chi connectivity index (χ3n) is 5.05. The molecule has 0 saturated heterocycles. The van der Waals surface area contributed by atoms with Crippen LogP contribution in [0.15, 0.2) is 23.5 Å². The topological polar surface area (TPSA) is 87.0 Å². The highest BCUT2D eigenvalue weighted by Crippen LogP contribution is 2.37. The van der Waals surface area contributed by atoms with E-state index in [1.165, 1.54) is 0 Å². The Balaban J connectivity index is 2.51. The van der Waals surface area contributed by atoms with Crippen LogP contribution in [0.3, 0.4) is 0 Å². The maximum absolute atomic E-state index is 10.5. The molecule has 0 fully saturated rings. The molecule has 0 spiro atoms. The lowest BCUT2D eigenvalue weighted by Crippen LogP contribution is -2.15. The van der Waals surface area contributed by atoms with Gasteiger partial charge in [-0.05, 0) is 31.3 Å². The Morgan fingerprint density at radius 1 is 1.23 bits per heavy atom. The summed E-state index contributed by atoms with van der Waals surface area (Å²) in [6.45, 7) is 2.14. The van der Waals surface area contributed by atoms with Crippen LogP contribution in [0.1, 0.15) is 77.6 Å².